The predicted octanol–water partition coefficient (Wildman–Crippen LogP) is 2.10. The number of nitrogens with zero attached hydrogens (tertiary/aromatic N) is 1. The molecule has 3 heteroatoms. The fourth-order valence-corrected chi connectivity index (χ4v) is 2.31. The van der Waals surface area contributed by atoms with Gasteiger partial charge in [0.25, 0.3) is 0 Å². The van der Waals surface area contributed by atoms with Gasteiger partial charge >= 0.3 is 0 Å². The van der Waals surface area contributed by atoms with Crippen molar-refractivity contribution < 1.29 is 4.79 Å². The van der Waals surface area contributed by atoms with Crippen molar-refractivity contribution in [2.75, 3.05) is 13.1 Å². The molecule has 1 aliphatic rings. The zero-order chi connectivity index (χ0) is 13.2. The minimum absolute atomic E-state index is 0.195. The summed E-state index contributed by atoms with van der Waals surface area (Å²) in [7, 11) is 0. The Morgan fingerprint density at radius 3 is 2.61 bits per heavy atom. The highest BCUT2D eigenvalue weighted by Gasteiger charge is 2.33. The van der Waals surface area contributed by atoms with Crippen LogP contribution in [-0.4, -0.2) is 29.4 Å². The van der Waals surface area contributed by atoms with Gasteiger partial charge < -0.3 is 10.2 Å². The monoisotopic (exact) mass is 246 g/mol. The predicted molar refractivity (Wildman–Crippen MR) is 73.3 cm³/mol. The number of benzene rings is 1. The Balaban J connectivity index is 2.12. The highest BCUT2D eigenvalue weighted by atomic mass is 16.2. The number of aryl methyl sites for hydroxylation is 1. The van der Waals surface area contributed by atoms with E-state index < -0.39 is 5.54 Å². The molecule has 1 aromatic rings. The van der Waals surface area contributed by atoms with E-state index in [1.165, 1.54) is 11.1 Å². The van der Waals surface area contributed by atoms with Crippen LogP contribution in [-0.2, 0) is 11.3 Å². The van der Waals surface area contributed by atoms with Crippen LogP contribution in [0.2, 0.25) is 0 Å². The summed E-state index contributed by atoms with van der Waals surface area (Å²) in [5, 5.41) is 3.30. The van der Waals surface area contributed by atoms with E-state index in [-0.39, 0.29) is 5.91 Å². The maximum atomic E-state index is 12.4. The molecule has 0 atom stereocenters. The molecule has 1 heterocycles. The van der Waals surface area contributed by atoms with Crippen LogP contribution >= 0.6 is 0 Å². The van der Waals surface area contributed by atoms with Crippen LogP contribution in [0.1, 0.15) is 31.4 Å². The lowest BCUT2D eigenvalue weighted by atomic mass is 10.0. The Bertz CT molecular complexity index is 423. The van der Waals surface area contributed by atoms with Crippen LogP contribution in [0.15, 0.2) is 24.3 Å². The summed E-state index contributed by atoms with van der Waals surface area (Å²) in [6, 6.07) is 8.41. The average molecular weight is 246 g/mol. The van der Waals surface area contributed by atoms with Crippen molar-refractivity contribution in [1.82, 2.24) is 10.2 Å². The van der Waals surface area contributed by atoms with Crippen molar-refractivity contribution in [2.45, 2.75) is 39.3 Å². The van der Waals surface area contributed by atoms with E-state index in [1.54, 1.807) is 0 Å². The molecule has 1 fully saturated rings. The molecule has 0 bridgehead atoms. The van der Waals surface area contributed by atoms with Gasteiger partial charge in [0.05, 0.1) is 5.54 Å². The first-order chi connectivity index (χ1) is 8.49. The topological polar surface area (TPSA) is 32.3 Å². The fraction of sp³-hybridized carbons (Fsp3) is 0.533. The third-order valence-corrected chi connectivity index (χ3v) is 3.49. The van der Waals surface area contributed by atoms with Gasteiger partial charge in [-0.2, -0.15) is 0 Å². The number of hydrogen-bond donors (Lipinski definition) is 1. The molecular formula is C15H22N2O. The van der Waals surface area contributed by atoms with Gasteiger partial charge in [0.2, 0.25) is 5.91 Å². The van der Waals surface area contributed by atoms with Gasteiger partial charge in [-0.05, 0) is 39.3 Å². The van der Waals surface area contributed by atoms with Crippen LogP contribution in [0, 0.1) is 6.92 Å². The number of carbonyl (C=O) groups excluding carboxylic acids is 1. The molecular weight excluding hydrogens is 224 g/mol. The first kappa shape index (κ1) is 13.1. The molecule has 1 aliphatic heterocycles. The number of nitrogens with one attached hydrogen (secondary N) is 1. The normalized spacial score (nSPS) is 19.7. The van der Waals surface area contributed by atoms with E-state index in [0.29, 0.717) is 6.54 Å². The molecule has 1 saturated heterocycles. The maximum Gasteiger partial charge on any atom is 0.242 e. The number of rotatable bonds is 2. The van der Waals surface area contributed by atoms with Gasteiger partial charge in [-0.25, -0.2) is 0 Å². The van der Waals surface area contributed by atoms with Crippen molar-refractivity contribution in [3.63, 3.8) is 0 Å². The molecule has 1 amide bonds. The smallest absolute Gasteiger partial charge is 0.242 e. The van der Waals surface area contributed by atoms with E-state index in [0.717, 1.165) is 19.5 Å². The summed E-state index contributed by atoms with van der Waals surface area (Å²) >= 11 is 0. The zero-order valence-corrected chi connectivity index (χ0v) is 11.5. The molecule has 1 N–H and O–H groups in total. The molecule has 0 radical (unpaired) electrons. The lowest BCUT2D eigenvalue weighted by Gasteiger charge is -2.29. The molecule has 0 spiro atoms. The highest BCUT2D eigenvalue weighted by molar-refractivity contribution is 5.85. The van der Waals surface area contributed by atoms with Crippen LogP contribution < -0.4 is 5.32 Å². The standard InChI is InChI=1S/C15H22N2O/c1-12-5-7-13(8-6-12)11-17-10-4-9-16-15(2,3)14(17)18/h5-8,16H,4,9-11H2,1-3H3. The van der Waals surface area contributed by atoms with Gasteiger partial charge in [-0.15, -0.1) is 0 Å². The second kappa shape index (κ2) is 5.11. The molecule has 0 saturated carbocycles. The largest absolute Gasteiger partial charge is 0.337 e. The number of carbonyl (C=O) groups is 1. The Labute approximate surface area is 109 Å². The molecule has 18 heavy (non-hydrogen) atoms. The van der Waals surface area contributed by atoms with Gasteiger partial charge in [0, 0.05) is 13.1 Å². The van der Waals surface area contributed by atoms with Gasteiger partial charge in [-0.3, -0.25) is 4.79 Å². The maximum absolute atomic E-state index is 12.4. The Kier molecular flexibility index (Phi) is 3.71. The van der Waals surface area contributed by atoms with Gasteiger partial charge in [0.15, 0.2) is 0 Å². The van der Waals surface area contributed by atoms with Crippen molar-refractivity contribution in [1.29, 1.82) is 0 Å². The molecule has 2 rings (SSSR count). The lowest BCUT2D eigenvalue weighted by Crippen LogP contribution is -2.51. The van der Waals surface area contributed by atoms with Crippen LogP contribution in [0.3, 0.4) is 0 Å². The lowest BCUT2D eigenvalue weighted by molar-refractivity contribution is -0.136. The summed E-state index contributed by atoms with van der Waals surface area (Å²) in [6.07, 6.45) is 1.01. The third kappa shape index (κ3) is 2.91. The first-order valence-electron chi connectivity index (χ1n) is 6.59. The third-order valence-electron chi connectivity index (χ3n) is 3.49. The molecule has 3 nitrogen and oxygen atoms in total. The van der Waals surface area contributed by atoms with E-state index in [4.69, 9.17) is 0 Å². The van der Waals surface area contributed by atoms with Crippen LogP contribution in [0.25, 0.3) is 0 Å². The summed E-state index contributed by atoms with van der Waals surface area (Å²) in [5.74, 6) is 0.195. The van der Waals surface area contributed by atoms with Gasteiger partial charge in [-0.1, -0.05) is 29.8 Å². The highest BCUT2D eigenvalue weighted by Crippen LogP contribution is 2.16. The molecule has 1 aromatic carbocycles. The van der Waals surface area contributed by atoms with E-state index in [2.05, 4.69) is 36.5 Å². The van der Waals surface area contributed by atoms with Crippen molar-refractivity contribution in [3.8, 4) is 0 Å². The minimum atomic E-state index is -0.443. The van der Waals surface area contributed by atoms with Crippen molar-refractivity contribution >= 4 is 5.91 Å². The SMILES string of the molecule is Cc1ccc(CN2CCCNC(C)(C)C2=O)cc1. The van der Waals surface area contributed by atoms with Crippen molar-refractivity contribution in [3.05, 3.63) is 35.4 Å². The Morgan fingerprint density at radius 1 is 1.28 bits per heavy atom. The first-order valence-corrected chi connectivity index (χ1v) is 6.59. The number of amides is 1. The molecule has 0 unspecified atom stereocenters. The Morgan fingerprint density at radius 2 is 1.94 bits per heavy atom. The summed E-state index contributed by atoms with van der Waals surface area (Å²) in [5.41, 5.74) is 2.01. The number of hydrogen-bond acceptors (Lipinski definition) is 2. The molecule has 0 aliphatic carbocycles. The van der Waals surface area contributed by atoms with E-state index in [1.807, 2.05) is 18.7 Å². The average Bonchev–Trinajstić information content (AvgIpc) is 2.45. The second-order valence-corrected chi connectivity index (χ2v) is 5.62. The minimum Gasteiger partial charge on any atom is -0.337 e. The summed E-state index contributed by atoms with van der Waals surface area (Å²) in [4.78, 5) is 14.4. The zero-order valence-electron chi connectivity index (χ0n) is 11.5. The molecule has 0 aromatic heterocycles. The van der Waals surface area contributed by atoms with E-state index in [9.17, 15) is 4.79 Å². The van der Waals surface area contributed by atoms with Crippen LogP contribution in [0.5, 0.6) is 0 Å². The van der Waals surface area contributed by atoms with E-state index >= 15 is 0 Å². The van der Waals surface area contributed by atoms with Crippen LogP contribution in [0.4, 0.5) is 0 Å². The fourth-order valence-electron chi connectivity index (χ4n) is 2.31. The summed E-state index contributed by atoms with van der Waals surface area (Å²) in [6.45, 7) is 8.45. The van der Waals surface area contributed by atoms with Crippen molar-refractivity contribution in [2.24, 2.45) is 0 Å². The molecule has 98 valence electrons. The summed E-state index contributed by atoms with van der Waals surface area (Å²) < 4.78 is 0. The Hall–Kier alpha value is -1.35. The second-order valence-electron chi connectivity index (χ2n) is 5.62. The quantitative estimate of drug-likeness (QED) is 0.866. The van der Waals surface area contributed by atoms with Gasteiger partial charge in [0.1, 0.15) is 0 Å².